The van der Waals surface area contributed by atoms with Crippen molar-refractivity contribution in [1.29, 1.82) is 0 Å². The lowest BCUT2D eigenvalue weighted by atomic mass is 10.2. The highest BCUT2D eigenvalue weighted by Gasteiger charge is 2.19. The largest absolute Gasteiger partial charge is 0.330 e. The molecule has 0 spiro atoms. The number of halogens is 4. The van der Waals surface area contributed by atoms with Crippen molar-refractivity contribution in [2.24, 2.45) is 0 Å². The van der Waals surface area contributed by atoms with E-state index < -0.39 is 33.7 Å². The average molecular weight is 348 g/mol. The summed E-state index contributed by atoms with van der Waals surface area (Å²) >= 11 is 3.00. The third-order valence-electron chi connectivity index (χ3n) is 2.28. The lowest BCUT2D eigenvalue weighted by Crippen LogP contribution is -2.03. The number of pyridine rings is 1. The lowest BCUT2D eigenvalue weighted by Gasteiger charge is -2.08. The second-order valence-electron chi connectivity index (χ2n) is 3.65. The van der Waals surface area contributed by atoms with Crippen LogP contribution in [0, 0.1) is 27.6 Å². The Morgan fingerprint density at radius 1 is 1.20 bits per heavy atom. The SMILES string of the molecule is O=[N+]([O-])c1cc(Br)cnc1Nc1c(F)cc(F)cc1F. The molecule has 0 bridgehead atoms. The first-order valence-corrected chi connectivity index (χ1v) is 5.89. The van der Waals surface area contributed by atoms with Crippen molar-refractivity contribution in [3.05, 3.63) is 56.4 Å². The van der Waals surface area contributed by atoms with Gasteiger partial charge in [0.15, 0.2) is 11.6 Å². The van der Waals surface area contributed by atoms with Crippen LogP contribution < -0.4 is 5.32 Å². The van der Waals surface area contributed by atoms with Crippen molar-refractivity contribution in [3.63, 3.8) is 0 Å². The molecule has 0 saturated carbocycles. The number of rotatable bonds is 3. The number of nitrogens with one attached hydrogen (secondary N) is 1. The molecule has 2 aromatic rings. The minimum atomic E-state index is -1.22. The summed E-state index contributed by atoms with van der Waals surface area (Å²) in [6, 6.07) is 2.03. The van der Waals surface area contributed by atoms with Crippen LogP contribution in [0.3, 0.4) is 0 Å². The maximum Gasteiger partial charge on any atom is 0.312 e. The Labute approximate surface area is 118 Å². The van der Waals surface area contributed by atoms with Gasteiger partial charge < -0.3 is 5.32 Å². The Kier molecular flexibility index (Phi) is 3.89. The van der Waals surface area contributed by atoms with Gasteiger partial charge in [-0.05, 0) is 15.9 Å². The molecule has 0 aliphatic carbocycles. The van der Waals surface area contributed by atoms with Crippen molar-refractivity contribution in [2.75, 3.05) is 5.32 Å². The third-order valence-corrected chi connectivity index (χ3v) is 2.71. The van der Waals surface area contributed by atoms with Gasteiger partial charge in [-0.15, -0.1) is 0 Å². The molecule has 0 atom stereocenters. The van der Waals surface area contributed by atoms with Gasteiger partial charge in [-0.1, -0.05) is 0 Å². The monoisotopic (exact) mass is 347 g/mol. The second-order valence-corrected chi connectivity index (χ2v) is 4.56. The molecule has 0 radical (unpaired) electrons. The summed E-state index contributed by atoms with van der Waals surface area (Å²) in [5, 5.41) is 13.0. The molecule has 1 aromatic heterocycles. The Bertz CT molecular complexity index is 674. The first-order valence-electron chi connectivity index (χ1n) is 5.10. The van der Waals surface area contributed by atoms with E-state index in [1.54, 1.807) is 0 Å². The minimum Gasteiger partial charge on any atom is -0.330 e. The first-order chi connectivity index (χ1) is 9.38. The first kappa shape index (κ1) is 14.3. The molecular formula is C11H5BrF3N3O2. The predicted molar refractivity (Wildman–Crippen MR) is 68.2 cm³/mol. The fraction of sp³-hybridized carbons (Fsp3) is 0. The van der Waals surface area contributed by atoms with Crippen LogP contribution in [0.2, 0.25) is 0 Å². The van der Waals surface area contributed by atoms with Crippen LogP contribution in [0.25, 0.3) is 0 Å². The topological polar surface area (TPSA) is 68.1 Å². The fourth-order valence-corrected chi connectivity index (χ4v) is 1.76. The Balaban J connectivity index is 2.48. The van der Waals surface area contributed by atoms with Crippen molar-refractivity contribution in [3.8, 4) is 0 Å². The highest BCUT2D eigenvalue weighted by atomic mass is 79.9. The summed E-state index contributed by atoms with van der Waals surface area (Å²) in [5.41, 5.74) is -1.20. The number of benzene rings is 1. The van der Waals surface area contributed by atoms with Crippen molar-refractivity contribution in [1.82, 2.24) is 4.98 Å². The molecule has 5 nitrogen and oxygen atoms in total. The summed E-state index contributed by atoms with van der Waals surface area (Å²) < 4.78 is 40.0. The summed E-state index contributed by atoms with van der Waals surface area (Å²) in [5.74, 6) is -3.89. The van der Waals surface area contributed by atoms with E-state index in [2.05, 4.69) is 26.2 Å². The van der Waals surface area contributed by atoms with Gasteiger partial charge in [0.05, 0.1) is 4.92 Å². The molecule has 0 aliphatic rings. The molecule has 0 amide bonds. The molecule has 104 valence electrons. The quantitative estimate of drug-likeness (QED) is 0.675. The fourth-order valence-electron chi connectivity index (χ4n) is 1.44. The van der Waals surface area contributed by atoms with Crippen LogP contribution in [0.1, 0.15) is 0 Å². The second kappa shape index (κ2) is 5.45. The number of hydrogen-bond acceptors (Lipinski definition) is 4. The van der Waals surface area contributed by atoms with Crippen LogP contribution >= 0.6 is 15.9 Å². The predicted octanol–water partition coefficient (Wildman–Crippen LogP) is 3.91. The summed E-state index contributed by atoms with van der Waals surface area (Å²) in [6.07, 6.45) is 1.22. The van der Waals surface area contributed by atoms with Gasteiger partial charge in [-0.2, -0.15) is 0 Å². The average Bonchev–Trinajstić information content (AvgIpc) is 2.34. The van der Waals surface area contributed by atoms with E-state index in [0.29, 0.717) is 16.6 Å². The van der Waals surface area contributed by atoms with Gasteiger partial charge in [0, 0.05) is 28.9 Å². The Morgan fingerprint density at radius 2 is 1.80 bits per heavy atom. The van der Waals surface area contributed by atoms with Crippen LogP contribution in [-0.2, 0) is 0 Å². The van der Waals surface area contributed by atoms with Crippen LogP contribution in [-0.4, -0.2) is 9.91 Å². The number of hydrogen-bond donors (Lipinski definition) is 1. The van der Waals surface area contributed by atoms with E-state index in [1.807, 2.05) is 0 Å². The van der Waals surface area contributed by atoms with Crippen LogP contribution in [0.5, 0.6) is 0 Å². The normalized spacial score (nSPS) is 10.4. The summed E-state index contributed by atoms with van der Waals surface area (Å²) in [6.45, 7) is 0. The molecule has 0 unspecified atom stereocenters. The zero-order valence-electron chi connectivity index (χ0n) is 9.53. The molecule has 9 heteroatoms. The number of nitrogens with zero attached hydrogens (tertiary/aromatic N) is 2. The molecule has 0 saturated heterocycles. The molecule has 0 aliphatic heterocycles. The van der Waals surface area contributed by atoms with E-state index in [0.717, 1.165) is 6.07 Å². The molecule has 20 heavy (non-hydrogen) atoms. The zero-order chi connectivity index (χ0) is 14.9. The zero-order valence-corrected chi connectivity index (χ0v) is 11.1. The van der Waals surface area contributed by atoms with Crippen LogP contribution in [0.4, 0.5) is 30.4 Å². The van der Waals surface area contributed by atoms with Gasteiger partial charge in [-0.3, -0.25) is 10.1 Å². The standard InChI is InChI=1S/C11H5BrF3N3O2/c12-5-1-9(18(19)20)11(16-4-5)17-10-7(14)2-6(13)3-8(10)15/h1-4H,(H,16,17). The van der Waals surface area contributed by atoms with Crippen LogP contribution in [0.15, 0.2) is 28.9 Å². The van der Waals surface area contributed by atoms with Gasteiger partial charge in [0.25, 0.3) is 0 Å². The maximum atomic E-state index is 13.5. The lowest BCUT2D eigenvalue weighted by molar-refractivity contribution is -0.384. The van der Waals surface area contributed by atoms with Gasteiger partial charge >= 0.3 is 5.69 Å². The van der Waals surface area contributed by atoms with Gasteiger partial charge in [0.2, 0.25) is 5.82 Å². The highest BCUT2D eigenvalue weighted by Crippen LogP contribution is 2.30. The molecule has 1 heterocycles. The molecule has 2 rings (SSSR count). The molecular weight excluding hydrogens is 343 g/mol. The summed E-state index contributed by atoms with van der Waals surface area (Å²) in [7, 11) is 0. The number of anilines is 2. The van der Waals surface area contributed by atoms with E-state index in [9.17, 15) is 23.3 Å². The van der Waals surface area contributed by atoms with E-state index >= 15 is 0 Å². The minimum absolute atomic E-state index is 0.329. The van der Waals surface area contributed by atoms with E-state index in [4.69, 9.17) is 0 Å². The summed E-state index contributed by atoms with van der Waals surface area (Å²) in [4.78, 5) is 13.8. The third kappa shape index (κ3) is 2.87. The van der Waals surface area contributed by atoms with Crippen molar-refractivity contribution in [2.45, 2.75) is 0 Å². The molecule has 0 fully saturated rings. The van der Waals surface area contributed by atoms with E-state index in [-0.39, 0.29) is 5.82 Å². The number of aromatic nitrogens is 1. The van der Waals surface area contributed by atoms with E-state index in [1.165, 1.54) is 6.20 Å². The smallest absolute Gasteiger partial charge is 0.312 e. The van der Waals surface area contributed by atoms with Gasteiger partial charge in [-0.25, -0.2) is 18.2 Å². The van der Waals surface area contributed by atoms with Crippen molar-refractivity contribution < 1.29 is 18.1 Å². The molecule has 1 N–H and O–H groups in total. The van der Waals surface area contributed by atoms with Crippen molar-refractivity contribution >= 4 is 33.1 Å². The number of nitro groups is 1. The van der Waals surface area contributed by atoms with Gasteiger partial charge in [0.1, 0.15) is 11.5 Å². The Morgan fingerprint density at radius 3 is 2.35 bits per heavy atom. The highest BCUT2D eigenvalue weighted by molar-refractivity contribution is 9.10. The Hall–Kier alpha value is -2.16. The maximum absolute atomic E-state index is 13.5. The molecule has 1 aromatic carbocycles.